The number of nitrogen functional groups attached to an aromatic ring is 2. The zero-order valence-corrected chi connectivity index (χ0v) is 15.4. The molecule has 3 heterocycles. The largest absolute Gasteiger partial charge is 0.467 e. The van der Waals surface area contributed by atoms with Crippen molar-refractivity contribution in [1.82, 2.24) is 10.3 Å². The Morgan fingerprint density at radius 3 is 2.68 bits per heavy atom. The number of nitrogens with two attached hydrogens (primary N) is 2. The molecule has 7 nitrogen and oxygen atoms in total. The lowest BCUT2D eigenvalue weighted by molar-refractivity contribution is 0.0953. The number of nitriles is 1. The first kappa shape index (κ1) is 17.6. The Morgan fingerprint density at radius 2 is 2.00 bits per heavy atom. The molecule has 0 aliphatic heterocycles. The lowest BCUT2D eigenvalue weighted by Gasteiger charge is -2.09. The highest BCUT2D eigenvalue weighted by Gasteiger charge is 2.24. The molecule has 0 bridgehead atoms. The van der Waals surface area contributed by atoms with E-state index < -0.39 is 0 Å². The summed E-state index contributed by atoms with van der Waals surface area (Å²) in [5.41, 5.74) is 14.2. The fraction of sp³-hybridized carbons (Fsp3) is 0.0500. The quantitative estimate of drug-likeness (QED) is 0.489. The summed E-state index contributed by atoms with van der Waals surface area (Å²) >= 11 is 1.14. The molecule has 0 unspecified atom stereocenters. The molecule has 0 radical (unpaired) electrons. The monoisotopic (exact) mass is 389 g/mol. The maximum atomic E-state index is 12.7. The standard InChI is InChI=1S/C20H15N5O2S/c21-9-13-14(11-5-2-1-3-6-11)15-16(22)17(28-20(15)25-18(13)23)19(26)24-10-12-7-4-8-27-12/h1-8H,10,22H2,(H2,23,25)(H,24,26). The molecular weight excluding hydrogens is 374 g/mol. The lowest BCUT2D eigenvalue weighted by Crippen LogP contribution is -2.22. The fourth-order valence-electron chi connectivity index (χ4n) is 3.01. The van der Waals surface area contributed by atoms with Crippen LogP contribution in [0.3, 0.4) is 0 Å². The minimum Gasteiger partial charge on any atom is -0.467 e. The molecule has 0 saturated heterocycles. The number of nitrogens with zero attached hydrogens (tertiary/aromatic N) is 2. The fourth-order valence-corrected chi connectivity index (χ4v) is 4.03. The third-order valence-electron chi connectivity index (χ3n) is 4.29. The highest BCUT2D eigenvalue weighted by Crippen LogP contribution is 2.42. The molecule has 8 heteroatoms. The van der Waals surface area contributed by atoms with Crippen LogP contribution in [0.1, 0.15) is 21.0 Å². The number of fused-ring (bicyclic) bond motifs is 1. The van der Waals surface area contributed by atoms with Crippen LogP contribution in [-0.2, 0) is 6.54 Å². The van der Waals surface area contributed by atoms with E-state index in [-0.39, 0.29) is 29.5 Å². The zero-order chi connectivity index (χ0) is 19.7. The average molecular weight is 389 g/mol. The molecule has 0 fully saturated rings. The van der Waals surface area contributed by atoms with Gasteiger partial charge in [0.25, 0.3) is 5.91 Å². The summed E-state index contributed by atoms with van der Waals surface area (Å²) in [6, 6.07) is 15.0. The normalized spacial score (nSPS) is 10.7. The number of pyridine rings is 1. The van der Waals surface area contributed by atoms with Crippen LogP contribution in [0.15, 0.2) is 53.1 Å². The summed E-state index contributed by atoms with van der Waals surface area (Å²) < 4.78 is 5.22. The van der Waals surface area contributed by atoms with Crippen molar-refractivity contribution in [3.05, 3.63) is 64.9 Å². The molecule has 5 N–H and O–H groups in total. The van der Waals surface area contributed by atoms with E-state index in [9.17, 15) is 10.1 Å². The van der Waals surface area contributed by atoms with Gasteiger partial charge < -0.3 is 21.2 Å². The van der Waals surface area contributed by atoms with Gasteiger partial charge in [0.1, 0.15) is 32.9 Å². The number of thiophene rings is 1. The van der Waals surface area contributed by atoms with Gasteiger partial charge >= 0.3 is 0 Å². The Bertz CT molecular complexity index is 1210. The van der Waals surface area contributed by atoms with Crippen LogP contribution in [0.2, 0.25) is 0 Å². The number of carbonyl (C=O) groups excluding carboxylic acids is 1. The maximum Gasteiger partial charge on any atom is 0.263 e. The molecule has 1 amide bonds. The smallest absolute Gasteiger partial charge is 0.263 e. The van der Waals surface area contributed by atoms with Crippen molar-refractivity contribution >= 4 is 39.0 Å². The molecule has 0 saturated carbocycles. The van der Waals surface area contributed by atoms with Crippen molar-refractivity contribution in [1.29, 1.82) is 5.26 Å². The molecule has 0 spiro atoms. The Kier molecular flexibility index (Phi) is 4.43. The Morgan fingerprint density at radius 1 is 1.21 bits per heavy atom. The van der Waals surface area contributed by atoms with E-state index in [4.69, 9.17) is 15.9 Å². The molecule has 0 aliphatic rings. The highest BCUT2D eigenvalue weighted by molar-refractivity contribution is 7.21. The molecule has 4 aromatic rings. The van der Waals surface area contributed by atoms with Gasteiger partial charge in [0.15, 0.2) is 0 Å². The van der Waals surface area contributed by atoms with E-state index >= 15 is 0 Å². The molecule has 138 valence electrons. The Labute approximate surface area is 164 Å². The van der Waals surface area contributed by atoms with Crippen LogP contribution in [0.5, 0.6) is 0 Å². The van der Waals surface area contributed by atoms with Crippen molar-refractivity contribution < 1.29 is 9.21 Å². The summed E-state index contributed by atoms with van der Waals surface area (Å²) in [5, 5.41) is 13.0. The maximum absolute atomic E-state index is 12.7. The number of benzene rings is 1. The predicted molar refractivity (Wildman–Crippen MR) is 108 cm³/mol. The summed E-state index contributed by atoms with van der Waals surface area (Å²) in [6.07, 6.45) is 1.54. The number of aromatic nitrogens is 1. The molecular formula is C20H15N5O2S. The Hall–Kier alpha value is -3.83. The molecule has 4 rings (SSSR count). The number of hydrogen-bond acceptors (Lipinski definition) is 7. The van der Waals surface area contributed by atoms with E-state index in [0.717, 1.165) is 16.9 Å². The average Bonchev–Trinajstić information content (AvgIpc) is 3.34. The third-order valence-corrected chi connectivity index (χ3v) is 5.39. The first-order valence-electron chi connectivity index (χ1n) is 8.37. The van der Waals surface area contributed by atoms with Gasteiger partial charge in [-0.05, 0) is 17.7 Å². The second kappa shape index (κ2) is 7.06. The first-order valence-corrected chi connectivity index (χ1v) is 9.19. The van der Waals surface area contributed by atoms with Gasteiger partial charge in [-0.25, -0.2) is 4.98 Å². The van der Waals surface area contributed by atoms with Crippen LogP contribution in [0.4, 0.5) is 11.5 Å². The van der Waals surface area contributed by atoms with Crippen molar-refractivity contribution in [3.8, 4) is 17.2 Å². The summed E-state index contributed by atoms with van der Waals surface area (Å²) in [7, 11) is 0. The van der Waals surface area contributed by atoms with Crippen LogP contribution in [-0.4, -0.2) is 10.9 Å². The number of amides is 1. The molecule has 28 heavy (non-hydrogen) atoms. The van der Waals surface area contributed by atoms with Gasteiger partial charge in [0, 0.05) is 10.9 Å². The van der Waals surface area contributed by atoms with Gasteiger partial charge in [0.2, 0.25) is 0 Å². The van der Waals surface area contributed by atoms with Crippen molar-refractivity contribution in [2.75, 3.05) is 11.5 Å². The van der Waals surface area contributed by atoms with E-state index in [1.54, 1.807) is 12.1 Å². The van der Waals surface area contributed by atoms with Gasteiger partial charge in [-0.2, -0.15) is 5.26 Å². The molecule has 0 aliphatic carbocycles. The number of anilines is 2. The van der Waals surface area contributed by atoms with Gasteiger partial charge in [0.05, 0.1) is 18.5 Å². The van der Waals surface area contributed by atoms with Crippen molar-refractivity contribution in [2.45, 2.75) is 6.54 Å². The topological polar surface area (TPSA) is 131 Å². The third kappa shape index (κ3) is 2.94. The minimum atomic E-state index is -0.340. The van der Waals surface area contributed by atoms with Crippen molar-refractivity contribution in [2.24, 2.45) is 0 Å². The number of nitrogens with one attached hydrogen (secondary N) is 1. The van der Waals surface area contributed by atoms with Gasteiger partial charge in [-0.3, -0.25) is 4.79 Å². The number of carbonyl (C=O) groups is 1. The van der Waals surface area contributed by atoms with Crippen molar-refractivity contribution in [3.63, 3.8) is 0 Å². The molecule has 3 aromatic heterocycles. The first-order chi connectivity index (χ1) is 13.6. The zero-order valence-electron chi connectivity index (χ0n) is 14.6. The second-order valence-electron chi connectivity index (χ2n) is 6.01. The van der Waals surface area contributed by atoms with Crippen LogP contribution < -0.4 is 16.8 Å². The molecule has 0 atom stereocenters. The minimum absolute atomic E-state index is 0.109. The number of rotatable bonds is 4. The number of furan rings is 1. The molecule has 1 aromatic carbocycles. The summed E-state index contributed by atoms with van der Waals surface area (Å²) in [4.78, 5) is 17.8. The summed E-state index contributed by atoms with van der Waals surface area (Å²) in [5.74, 6) is 0.401. The number of hydrogen-bond donors (Lipinski definition) is 3. The Balaban J connectivity index is 1.84. The van der Waals surface area contributed by atoms with Crippen LogP contribution in [0.25, 0.3) is 21.3 Å². The van der Waals surface area contributed by atoms with E-state index in [0.29, 0.717) is 26.4 Å². The van der Waals surface area contributed by atoms with E-state index in [1.807, 2.05) is 30.3 Å². The second-order valence-corrected chi connectivity index (χ2v) is 7.01. The van der Waals surface area contributed by atoms with E-state index in [1.165, 1.54) is 6.26 Å². The highest BCUT2D eigenvalue weighted by atomic mass is 32.1. The van der Waals surface area contributed by atoms with E-state index in [2.05, 4.69) is 16.4 Å². The predicted octanol–water partition coefficient (Wildman–Crippen LogP) is 3.52. The van der Waals surface area contributed by atoms with Crippen LogP contribution in [0, 0.1) is 11.3 Å². The lowest BCUT2D eigenvalue weighted by atomic mass is 9.97. The summed E-state index contributed by atoms with van der Waals surface area (Å²) in [6.45, 7) is 0.240. The van der Waals surface area contributed by atoms with Gasteiger partial charge in [-0.15, -0.1) is 11.3 Å². The SMILES string of the molecule is N#Cc1c(N)nc2sc(C(=O)NCc3ccco3)c(N)c2c1-c1ccccc1. The van der Waals surface area contributed by atoms with Crippen LogP contribution >= 0.6 is 11.3 Å². The van der Waals surface area contributed by atoms with Gasteiger partial charge in [-0.1, -0.05) is 30.3 Å².